The maximum absolute atomic E-state index is 12.7. The molecule has 0 radical (unpaired) electrons. The van der Waals surface area contributed by atoms with Gasteiger partial charge in [0, 0.05) is 43.3 Å². The molecule has 6 rings (SSSR count). The average molecular weight is 775 g/mol. The first-order valence-electron chi connectivity index (χ1n) is 18.7. The molecule has 2 amide bonds. The number of thioether (sulfide) groups is 1. The van der Waals surface area contributed by atoms with Crippen LogP contribution in [0.4, 0.5) is 11.4 Å². The number of carbonyl (C=O) groups excluding carboxylic acids is 2. The van der Waals surface area contributed by atoms with Crippen LogP contribution in [0.1, 0.15) is 83.5 Å². The Bertz CT molecular complexity index is 2090. The van der Waals surface area contributed by atoms with Gasteiger partial charge in [-0.1, -0.05) is 91.3 Å². The first-order chi connectivity index (χ1) is 27.3. The number of carbonyl (C=O) groups is 3. The summed E-state index contributed by atoms with van der Waals surface area (Å²) in [7, 11) is 0. The van der Waals surface area contributed by atoms with Gasteiger partial charge in [0.05, 0.1) is 35.8 Å². The van der Waals surface area contributed by atoms with Crippen LogP contribution in [0.15, 0.2) is 120 Å². The maximum atomic E-state index is 12.7. The van der Waals surface area contributed by atoms with Crippen molar-refractivity contribution in [2.75, 3.05) is 16.8 Å². The number of amides is 2. The number of carboxylic acid groups (broad SMARTS) is 1. The third-order valence-corrected chi connectivity index (χ3v) is 10.7. The minimum atomic E-state index is -1.03. The Kier molecular flexibility index (Phi) is 14.2. The van der Waals surface area contributed by atoms with E-state index in [9.17, 15) is 24.6 Å². The van der Waals surface area contributed by atoms with Gasteiger partial charge in [-0.3, -0.25) is 9.59 Å². The number of carboxylic acids is 1. The summed E-state index contributed by atoms with van der Waals surface area (Å²) in [6.07, 6.45) is 3.75. The summed E-state index contributed by atoms with van der Waals surface area (Å²) in [5.74, 6) is -0.693. The van der Waals surface area contributed by atoms with Crippen molar-refractivity contribution in [3.8, 4) is 11.1 Å². The number of hydrogen-bond donors (Lipinski definition) is 5. The van der Waals surface area contributed by atoms with Crippen molar-refractivity contribution in [1.29, 1.82) is 0 Å². The van der Waals surface area contributed by atoms with E-state index in [1.165, 1.54) is 11.8 Å². The Labute approximate surface area is 330 Å². The molecule has 3 unspecified atom stereocenters. The first kappa shape index (κ1) is 40.1. The van der Waals surface area contributed by atoms with Crippen LogP contribution in [0.2, 0.25) is 0 Å². The number of aliphatic hydroxyl groups is 1. The fourth-order valence-electron chi connectivity index (χ4n) is 6.49. The molecule has 5 aromatic rings. The van der Waals surface area contributed by atoms with Crippen molar-refractivity contribution >= 4 is 40.9 Å². The molecule has 11 nitrogen and oxygen atoms in total. The highest BCUT2D eigenvalue weighted by molar-refractivity contribution is 7.99. The van der Waals surface area contributed by atoms with Crippen LogP contribution < -0.4 is 16.4 Å². The summed E-state index contributed by atoms with van der Waals surface area (Å²) in [6, 6.07) is 33.9. The van der Waals surface area contributed by atoms with Gasteiger partial charge in [-0.2, -0.15) is 0 Å². The van der Waals surface area contributed by atoms with Gasteiger partial charge >= 0.3 is 5.97 Å². The van der Waals surface area contributed by atoms with Crippen LogP contribution in [0.25, 0.3) is 11.1 Å². The number of nitrogens with two attached hydrogens (primary N) is 1. The summed E-state index contributed by atoms with van der Waals surface area (Å²) in [4.78, 5) is 41.1. The van der Waals surface area contributed by atoms with E-state index in [1.807, 2.05) is 84.9 Å². The molecule has 290 valence electrons. The third-order valence-electron chi connectivity index (χ3n) is 9.55. The van der Waals surface area contributed by atoms with Crippen molar-refractivity contribution in [2.45, 2.75) is 75.2 Å². The largest absolute Gasteiger partial charge is 0.478 e. The predicted molar refractivity (Wildman–Crippen MR) is 217 cm³/mol. The number of benzene rings is 4. The van der Waals surface area contributed by atoms with E-state index in [-0.39, 0.29) is 36.2 Å². The summed E-state index contributed by atoms with van der Waals surface area (Å²) in [5, 5.41) is 25.5. The van der Waals surface area contributed by atoms with Crippen molar-refractivity contribution < 1.29 is 34.1 Å². The van der Waals surface area contributed by atoms with Crippen LogP contribution >= 0.6 is 11.8 Å². The van der Waals surface area contributed by atoms with Crippen molar-refractivity contribution in [3.05, 3.63) is 143 Å². The molecule has 0 saturated carbocycles. The lowest BCUT2D eigenvalue weighted by Crippen LogP contribution is -2.31. The molecular formula is C44H46N4O7S. The monoisotopic (exact) mass is 774 g/mol. The fourth-order valence-corrected chi connectivity index (χ4v) is 7.50. The summed E-state index contributed by atoms with van der Waals surface area (Å²) >= 11 is 1.34. The van der Waals surface area contributed by atoms with E-state index in [4.69, 9.17) is 15.2 Å². The van der Waals surface area contributed by atoms with Gasteiger partial charge in [-0.15, -0.1) is 11.8 Å². The number of pyridine rings is 1. The molecule has 1 aliphatic heterocycles. The highest BCUT2D eigenvalue weighted by atomic mass is 32.2. The predicted octanol–water partition coefficient (Wildman–Crippen LogP) is 8.06. The normalized spacial score (nSPS) is 16.6. The number of anilines is 2. The minimum Gasteiger partial charge on any atom is -0.478 e. The number of aromatic carboxylic acids is 1. The number of ether oxygens (including phenoxy) is 2. The number of unbranched alkanes of at least 4 members (excludes halogenated alkanes) is 2. The molecule has 4 aromatic carbocycles. The molecule has 12 heteroatoms. The number of para-hydroxylation sites is 2. The van der Waals surface area contributed by atoms with Crippen LogP contribution in [-0.4, -0.2) is 44.8 Å². The zero-order chi connectivity index (χ0) is 39.3. The second-order valence-electron chi connectivity index (χ2n) is 13.6. The molecular weight excluding hydrogens is 729 g/mol. The van der Waals surface area contributed by atoms with Gasteiger partial charge in [-0.05, 0) is 64.9 Å². The maximum Gasteiger partial charge on any atom is 0.338 e. The summed E-state index contributed by atoms with van der Waals surface area (Å²) < 4.78 is 13.0. The van der Waals surface area contributed by atoms with Crippen molar-refractivity contribution in [1.82, 2.24) is 10.3 Å². The third kappa shape index (κ3) is 11.0. The molecule has 0 aliphatic carbocycles. The average Bonchev–Trinajstić information content (AvgIpc) is 3.23. The smallest absolute Gasteiger partial charge is 0.338 e. The van der Waals surface area contributed by atoms with Gasteiger partial charge in [-0.25, -0.2) is 9.78 Å². The Balaban J connectivity index is 1.05. The Hall–Kier alpha value is -5.53. The van der Waals surface area contributed by atoms with Crippen LogP contribution in [0.3, 0.4) is 0 Å². The van der Waals surface area contributed by atoms with E-state index >= 15 is 0 Å². The molecule has 0 bridgehead atoms. The number of nitrogen functional groups attached to an aromatic ring is 1. The zero-order valence-electron chi connectivity index (χ0n) is 30.9. The van der Waals surface area contributed by atoms with Crippen LogP contribution in [0, 0.1) is 0 Å². The topological polar surface area (TPSA) is 173 Å². The van der Waals surface area contributed by atoms with Crippen LogP contribution in [-0.2, 0) is 32.2 Å². The lowest BCUT2D eigenvalue weighted by molar-refractivity contribution is -0.245. The minimum absolute atomic E-state index is 0.0428. The molecule has 0 spiro atoms. The Morgan fingerprint density at radius 2 is 1.52 bits per heavy atom. The van der Waals surface area contributed by atoms with E-state index in [0.717, 1.165) is 39.8 Å². The van der Waals surface area contributed by atoms with E-state index < -0.39 is 12.3 Å². The number of aliphatic hydroxyl groups excluding tert-OH is 1. The van der Waals surface area contributed by atoms with Gasteiger partial charge in [0.2, 0.25) is 11.8 Å². The second-order valence-corrected chi connectivity index (χ2v) is 14.6. The van der Waals surface area contributed by atoms with Gasteiger partial charge in [0.1, 0.15) is 5.03 Å². The van der Waals surface area contributed by atoms with Gasteiger partial charge in [0.15, 0.2) is 6.29 Å². The summed E-state index contributed by atoms with van der Waals surface area (Å²) in [5.41, 5.74) is 12.7. The molecule has 1 aliphatic rings. The fraction of sp³-hybridized carbons (Fsp3) is 0.273. The number of nitrogens with zero attached hydrogens (tertiary/aromatic N) is 1. The second kappa shape index (κ2) is 19.9. The quantitative estimate of drug-likeness (QED) is 0.0353. The molecule has 1 saturated heterocycles. The van der Waals surface area contributed by atoms with Crippen LogP contribution in [0.5, 0.6) is 0 Å². The highest BCUT2D eigenvalue weighted by Gasteiger charge is 2.32. The van der Waals surface area contributed by atoms with E-state index in [0.29, 0.717) is 60.8 Å². The number of hydrogen-bond acceptors (Lipinski definition) is 9. The molecule has 2 heterocycles. The first-order valence-corrected chi connectivity index (χ1v) is 19.7. The SMILES string of the molecule is Nc1ccccc1NC(=O)CCCCCC(=O)NCc1ccccc1-c1ccc(C2OC(CSc3ncccc3C(=O)O)CC(c3ccc(CO)cc3)O2)cc1. The molecule has 56 heavy (non-hydrogen) atoms. The van der Waals surface area contributed by atoms with Crippen molar-refractivity contribution in [3.63, 3.8) is 0 Å². The molecule has 1 aromatic heterocycles. The molecule has 1 fully saturated rings. The standard InChI is InChI=1S/C44H46N4O7S/c45-37-12-6-7-13-38(37)48-41(51)15-3-1-2-14-40(50)47-26-33-9-4-5-10-35(33)30-20-22-32(23-21-30)44-54-34(28-56-42-36(43(52)53)11-8-24-46-42)25-39(55-44)31-18-16-29(27-49)17-19-31/h4-13,16-24,34,39,44,49H,1-3,14-15,25-28,45H2,(H,47,50)(H,48,51)(H,52,53). The Morgan fingerprint density at radius 1 is 0.804 bits per heavy atom. The Morgan fingerprint density at radius 3 is 2.27 bits per heavy atom. The summed E-state index contributed by atoms with van der Waals surface area (Å²) in [6.45, 7) is 0.326. The highest BCUT2D eigenvalue weighted by Crippen LogP contribution is 2.40. The van der Waals surface area contributed by atoms with E-state index in [1.54, 1.807) is 30.5 Å². The lowest BCUT2D eigenvalue weighted by Gasteiger charge is -2.36. The van der Waals surface area contributed by atoms with E-state index in [2.05, 4.69) is 15.6 Å². The van der Waals surface area contributed by atoms with Gasteiger partial charge in [0.25, 0.3) is 0 Å². The lowest BCUT2D eigenvalue weighted by atomic mass is 9.97. The molecule has 6 N–H and O–H groups in total. The van der Waals surface area contributed by atoms with Gasteiger partial charge < -0.3 is 36.1 Å². The number of rotatable bonds is 17. The van der Waals surface area contributed by atoms with Crippen molar-refractivity contribution in [2.24, 2.45) is 0 Å². The molecule has 3 atom stereocenters. The zero-order valence-corrected chi connectivity index (χ0v) is 31.8. The number of aromatic nitrogens is 1. The number of nitrogens with one attached hydrogen (secondary N) is 2.